The Labute approximate surface area is 189 Å². The van der Waals surface area contributed by atoms with E-state index in [9.17, 15) is 0 Å². The number of hydrogen-bond acceptors (Lipinski definition) is 0. The first-order chi connectivity index (χ1) is 15.8. The standard InChI is InChI=1S/C30H26N2/c1-31-19-11-18-27(23-31)30-21-28(25-14-7-3-8-15-25)20-29(26-16-9-4-10-17-26)32(30)22-24-12-5-2-6-13-24/h2-21,23H,22H2,1H3/q+2. The molecule has 0 N–H and O–H groups in total. The predicted octanol–water partition coefficient (Wildman–Crippen LogP) is 5.85. The van der Waals surface area contributed by atoms with E-state index in [-0.39, 0.29) is 0 Å². The van der Waals surface area contributed by atoms with Crippen molar-refractivity contribution in [3.63, 3.8) is 0 Å². The second kappa shape index (κ2) is 8.99. The Balaban J connectivity index is 1.80. The molecule has 2 aromatic heterocycles. The lowest BCUT2D eigenvalue weighted by Gasteiger charge is -2.12. The van der Waals surface area contributed by atoms with Crippen molar-refractivity contribution in [1.82, 2.24) is 0 Å². The molecule has 154 valence electrons. The van der Waals surface area contributed by atoms with Crippen LogP contribution in [0, 0.1) is 0 Å². The van der Waals surface area contributed by atoms with Crippen LogP contribution < -0.4 is 9.13 Å². The molecule has 0 saturated heterocycles. The average Bonchev–Trinajstić information content (AvgIpc) is 2.86. The van der Waals surface area contributed by atoms with Crippen molar-refractivity contribution in [2.24, 2.45) is 7.05 Å². The molecule has 3 aromatic carbocycles. The highest BCUT2D eigenvalue weighted by atomic mass is 15.0. The van der Waals surface area contributed by atoms with Crippen molar-refractivity contribution in [2.75, 3.05) is 0 Å². The van der Waals surface area contributed by atoms with Crippen LogP contribution in [0.1, 0.15) is 5.56 Å². The van der Waals surface area contributed by atoms with Crippen molar-refractivity contribution in [3.05, 3.63) is 133 Å². The molecule has 2 heteroatoms. The molecule has 0 atom stereocenters. The first-order valence-electron chi connectivity index (χ1n) is 11.0. The van der Waals surface area contributed by atoms with Gasteiger partial charge in [0, 0.05) is 29.3 Å². The minimum atomic E-state index is 0.800. The summed E-state index contributed by atoms with van der Waals surface area (Å²) in [6.45, 7) is 0.800. The third-order valence-corrected chi connectivity index (χ3v) is 5.76. The Morgan fingerprint density at radius 1 is 0.531 bits per heavy atom. The lowest BCUT2D eigenvalue weighted by atomic mass is 9.99. The van der Waals surface area contributed by atoms with Gasteiger partial charge in [-0.15, -0.1) is 0 Å². The van der Waals surface area contributed by atoms with Gasteiger partial charge in [-0.05, 0) is 29.3 Å². The molecule has 0 bridgehead atoms. The summed E-state index contributed by atoms with van der Waals surface area (Å²) >= 11 is 0. The van der Waals surface area contributed by atoms with E-state index in [1.165, 1.54) is 39.2 Å². The normalized spacial score (nSPS) is 10.8. The van der Waals surface area contributed by atoms with E-state index in [1.807, 2.05) is 0 Å². The molecule has 0 radical (unpaired) electrons. The summed E-state index contributed by atoms with van der Waals surface area (Å²) in [6.07, 6.45) is 4.27. The van der Waals surface area contributed by atoms with Crippen LogP contribution in [0.2, 0.25) is 0 Å². The highest BCUT2D eigenvalue weighted by molar-refractivity contribution is 5.73. The fraction of sp³-hybridized carbons (Fsp3) is 0.0667. The number of rotatable bonds is 5. The van der Waals surface area contributed by atoms with Crippen LogP contribution in [0.4, 0.5) is 0 Å². The first-order valence-corrected chi connectivity index (χ1v) is 11.0. The van der Waals surface area contributed by atoms with Crippen molar-refractivity contribution in [3.8, 4) is 33.6 Å². The smallest absolute Gasteiger partial charge is 0.207 e. The molecular weight excluding hydrogens is 388 g/mol. The molecule has 0 amide bonds. The molecule has 0 unspecified atom stereocenters. The number of nitrogens with zero attached hydrogens (tertiary/aromatic N) is 2. The third kappa shape index (κ3) is 4.21. The highest BCUT2D eigenvalue weighted by Crippen LogP contribution is 2.29. The zero-order valence-corrected chi connectivity index (χ0v) is 18.2. The summed E-state index contributed by atoms with van der Waals surface area (Å²) in [5, 5.41) is 0. The summed E-state index contributed by atoms with van der Waals surface area (Å²) in [4.78, 5) is 0. The summed E-state index contributed by atoms with van der Waals surface area (Å²) in [5.41, 5.74) is 8.53. The minimum absolute atomic E-state index is 0.800. The third-order valence-electron chi connectivity index (χ3n) is 5.76. The van der Waals surface area contributed by atoms with Gasteiger partial charge in [0.2, 0.25) is 11.4 Å². The van der Waals surface area contributed by atoms with Crippen LogP contribution in [0.25, 0.3) is 33.6 Å². The summed E-state index contributed by atoms with van der Waals surface area (Å²) in [7, 11) is 2.07. The van der Waals surface area contributed by atoms with Gasteiger partial charge in [-0.2, -0.15) is 4.57 Å². The quantitative estimate of drug-likeness (QED) is 0.319. The number of hydrogen-bond donors (Lipinski definition) is 0. The molecule has 0 aliphatic heterocycles. The van der Waals surface area contributed by atoms with Crippen LogP contribution in [0.15, 0.2) is 128 Å². The van der Waals surface area contributed by atoms with Crippen LogP contribution >= 0.6 is 0 Å². The van der Waals surface area contributed by atoms with E-state index < -0.39 is 0 Å². The SMILES string of the molecule is C[n+]1cccc(-c2cc(-c3ccccc3)cc(-c3ccccc3)[n+]2Cc2ccccc2)c1. The van der Waals surface area contributed by atoms with Gasteiger partial charge in [0.15, 0.2) is 18.9 Å². The zero-order chi connectivity index (χ0) is 21.8. The van der Waals surface area contributed by atoms with Crippen LogP contribution in [0.3, 0.4) is 0 Å². The lowest BCUT2D eigenvalue weighted by molar-refractivity contribution is -0.675. The second-order valence-corrected chi connectivity index (χ2v) is 8.08. The van der Waals surface area contributed by atoms with Crippen molar-refractivity contribution in [2.45, 2.75) is 6.54 Å². The molecule has 0 aliphatic carbocycles. The topological polar surface area (TPSA) is 7.76 Å². The van der Waals surface area contributed by atoms with Gasteiger partial charge in [-0.1, -0.05) is 78.9 Å². The Kier molecular flexibility index (Phi) is 5.59. The molecule has 2 heterocycles. The molecule has 0 saturated carbocycles. The fourth-order valence-electron chi connectivity index (χ4n) is 4.18. The Bertz CT molecular complexity index is 1330. The second-order valence-electron chi connectivity index (χ2n) is 8.08. The summed E-state index contributed by atoms with van der Waals surface area (Å²) in [6, 6.07) is 40.9. The van der Waals surface area contributed by atoms with E-state index in [2.05, 4.69) is 144 Å². The maximum Gasteiger partial charge on any atom is 0.219 e. The van der Waals surface area contributed by atoms with Crippen molar-refractivity contribution in [1.29, 1.82) is 0 Å². The molecular formula is C30H26N2+2. The number of benzene rings is 3. The number of pyridine rings is 2. The van der Waals surface area contributed by atoms with Gasteiger partial charge < -0.3 is 0 Å². The molecule has 0 fully saturated rings. The maximum absolute atomic E-state index is 2.44. The Morgan fingerprint density at radius 2 is 1.06 bits per heavy atom. The Hall–Kier alpha value is -4.04. The summed E-state index contributed by atoms with van der Waals surface area (Å²) < 4.78 is 4.55. The van der Waals surface area contributed by atoms with E-state index >= 15 is 0 Å². The van der Waals surface area contributed by atoms with Crippen molar-refractivity contribution >= 4 is 0 Å². The van der Waals surface area contributed by atoms with Gasteiger partial charge in [0.05, 0.1) is 0 Å². The minimum Gasteiger partial charge on any atom is -0.207 e. The summed E-state index contributed by atoms with van der Waals surface area (Å²) in [5.74, 6) is 0. The highest BCUT2D eigenvalue weighted by Gasteiger charge is 2.24. The van der Waals surface area contributed by atoms with E-state index in [1.54, 1.807) is 0 Å². The largest absolute Gasteiger partial charge is 0.219 e. The lowest BCUT2D eigenvalue weighted by Crippen LogP contribution is -2.40. The molecule has 2 nitrogen and oxygen atoms in total. The van der Waals surface area contributed by atoms with Gasteiger partial charge >= 0.3 is 0 Å². The molecule has 5 aromatic rings. The fourth-order valence-corrected chi connectivity index (χ4v) is 4.18. The average molecular weight is 415 g/mol. The van der Waals surface area contributed by atoms with Gasteiger partial charge in [-0.3, -0.25) is 0 Å². The number of aryl methyl sites for hydroxylation is 1. The molecule has 0 spiro atoms. The number of aromatic nitrogens is 2. The Morgan fingerprint density at radius 3 is 1.69 bits per heavy atom. The van der Waals surface area contributed by atoms with Crippen LogP contribution in [0.5, 0.6) is 0 Å². The van der Waals surface area contributed by atoms with E-state index in [4.69, 9.17) is 0 Å². The van der Waals surface area contributed by atoms with E-state index in [0.717, 1.165) is 6.54 Å². The zero-order valence-electron chi connectivity index (χ0n) is 18.2. The molecule has 32 heavy (non-hydrogen) atoms. The first kappa shape index (κ1) is 19.9. The maximum atomic E-state index is 2.44. The van der Waals surface area contributed by atoms with Gasteiger partial charge in [-0.25, -0.2) is 4.57 Å². The predicted molar refractivity (Wildman–Crippen MR) is 130 cm³/mol. The van der Waals surface area contributed by atoms with Gasteiger partial charge in [0.1, 0.15) is 12.6 Å². The van der Waals surface area contributed by atoms with Crippen LogP contribution in [-0.2, 0) is 13.6 Å². The van der Waals surface area contributed by atoms with E-state index in [0.29, 0.717) is 0 Å². The monoisotopic (exact) mass is 414 g/mol. The molecule has 0 aliphatic rings. The molecule has 5 rings (SSSR count). The van der Waals surface area contributed by atoms with Crippen LogP contribution in [-0.4, -0.2) is 0 Å². The van der Waals surface area contributed by atoms with Crippen molar-refractivity contribution < 1.29 is 9.13 Å². The van der Waals surface area contributed by atoms with Gasteiger partial charge in [0.25, 0.3) is 0 Å².